The van der Waals surface area contributed by atoms with E-state index in [2.05, 4.69) is 26.2 Å². The van der Waals surface area contributed by atoms with Crippen LogP contribution in [-0.2, 0) is 9.59 Å². The van der Waals surface area contributed by atoms with E-state index in [1.807, 2.05) is 49.4 Å². The molecule has 5 rings (SSSR count). The van der Waals surface area contributed by atoms with E-state index in [1.54, 1.807) is 47.9 Å². The first-order valence-electron chi connectivity index (χ1n) is 12.8. The Balaban J connectivity index is 1.67. The minimum atomic E-state index is -0.733. The van der Waals surface area contributed by atoms with Gasteiger partial charge in [-0.1, -0.05) is 57.6 Å². The van der Waals surface area contributed by atoms with Crippen molar-refractivity contribution in [2.24, 2.45) is 4.99 Å². The van der Waals surface area contributed by atoms with E-state index in [0.29, 0.717) is 50.0 Å². The van der Waals surface area contributed by atoms with E-state index in [0.717, 1.165) is 10.0 Å². The van der Waals surface area contributed by atoms with Crippen LogP contribution in [0.4, 0.5) is 5.69 Å². The van der Waals surface area contributed by atoms with Gasteiger partial charge in [-0.2, -0.15) is 0 Å². The molecule has 0 bridgehead atoms. The summed E-state index contributed by atoms with van der Waals surface area (Å²) in [4.78, 5) is 44.5. The van der Waals surface area contributed by atoms with Crippen molar-refractivity contribution in [3.05, 3.63) is 119 Å². The molecule has 1 atom stereocenters. The van der Waals surface area contributed by atoms with Crippen molar-refractivity contribution in [2.45, 2.75) is 26.8 Å². The molecule has 4 aromatic rings. The number of nitrogens with one attached hydrogen (secondary N) is 1. The number of ether oxygens (including phenoxy) is 2. The fourth-order valence-corrected chi connectivity index (χ4v) is 6.00. The summed E-state index contributed by atoms with van der Waals surface area (Å²) >= 11 is 4.65. The largest absolute Gasteiger partial charge is 0.494 e. The molecule has 0 fully saturated rings. The molecular weight excluding hydrogens is 606 g/mol. The van der Waals surface area contributed by atoms with E-state index in [1.165, 1.54) is 18.3 Å². The number of thiazole rings is 1. The van der Waals surface area contributed by atoms with Crippen LogP contribution in [0, 0.1) is 0 Å². The second-order valence-electron chi connectivity index (χ2n) is 9.18. The van der Waals surface area contributed by atoms with Crippen molar-refractivity contribution in [1.29, 1.82) is 0 Å². The van der Waals surface area contributed by atoms with Crippen LogP contribution in [0.15, 0.2) is 98.3 Å². The monoisotopic (exact) mass is 631 g/mol. The standard InChI is InChI=1S/C31H26BrN3O5S/c1-4-39-24-13-10-20(11-14-24)28-27(29(37)34-23-8-6-5-7-9-23)18(2)33-31-35(28)30(38)26(41-31)17-21-16-22(32)12-15-25(21)40-19(3)36/h5-17,28H,4H2,1-3H3,(H,34,37)/b26-17-/t28-/m1/s1. The third-order valence-electron chi connectivity index (χ3n) is 6.32. The van der Waals surface area contributed by atoms with Gasteiger partial charge in [0.2, 0.25) is 0 Å². The Labute approximate surface area is 248 Å². The second kappa shape index (κ2) is 12.1. The summed E-state index contributed by atoms with van der Waals surface area (Å²) in [5.74, 6) is 0.194. The number of allylic oxidation sites excluding steroid dienone is 1. The molecule has 0 radical (unpaired) electrons. The molecule has 208 valence electrons. The van der Waals surface area contributed by atoms with Crippen molar-refractivity contribution < 1.29 is 19.1 Å². The summed E-state index contributed by atoms with van der Waals surface area (Å²) in [5.41, 5.74) is 2.47. The van der Waals surface area contributed by atoms with Crippen LogP contribution < -0.4 is 29.7 Å². The number of esters is 1. The predicted molar refractivity (Wildman–Crippen MR) is 162 cm³/mol. The van der Waals surface area contributed by atoms with Gasteiger partial charge in [0, 0.05) is 22.6 Å². The summed E-state index contributed by atoms with van der Waals surface area (Å²) in [6.45, 7) is 5.51. The summed E-state index contributed by atoms with van der Waals surface area (Å²) in [6.07, 6.45) is 1.67. The van der Waals surface area contributed by atoms with Gasteiger partial charge >= 0.3 is 5.97 Å². The Morgan fingerprint density at radius 3 is 2.51 bits per heavy atom. The number of anilines is 1. The fourth-order valence-electron chi connectivity index (χ4n) is 4.58. The van der Waals surface area contributed by atoms with Gasteiger partial charge in [-0.3, -0.25) is 19.0 Å². The van der Waals surface area contributed by atoms with Crippen LogP contribution in [0.2, 0.25) is 0 Å². The summed E-state index contributed by atoms with van der Waals surface area (Å²) in [7, 11) is 0. The molecule has 1 aromatic heterocycles. The first-order chi connectivity index (χ1) is 19.7. The molecule has 0 spiro atoms. The lowest BCUT2D eigenvalue weighted by Gasteiger charge is -2.25. The molecule has 1 aliphatic heterocycles. The number of benzene rings is 3. The predicted octanol–water partition coefficient (Wildman–Crippen LogP) is 4.96. The minimum absolute atomic E-state index is 0.320. The van der Waals surface area contributed by atoms with Gasteiger partial charge in [0.25, 0.3) is 11.5 Å². The van der Waals surface area contributed by atoms with Crippen LogP contribution in [0.25, 0.3) is 6.08 Å². The number of hydrogen-bond acceptors (Lipinski definition) is 7. The fraction of sp³-hybridized carbons (Fsp3) is 0.161. The molecule has 10 heteroatoms. The molecular formula is C31H26BrN3O5S. The lowest BCUT2D eigenvalue weighted by molar-refractivity contribution is -0.131. The van der Waals surface area contributed by atoms with Crippen LogP contribution >= 0.6 is 27.3 Å². The van der Waals surface area contributed by atoms with E-state index >= 15 is 0 Å². The number of halogens is 1. The average molecular weight is 633 g/mol. The number of rotatable bonds is 7. The van der Waals surface area contributed by atoms with E-state index in [4.69, 9.17) is 9.47 Å². The number of aromatic nitrogens is 1. The maximum absolute atomic E-state index is 14.0. The summed E-state index contributed by atoms with van der Waals surface area (Å²) in [5, 5.41) is 2.95. The molecule has 41 heavy (non-hydrogen) atoms. The highest BCUT2D eigenvalue weighted by molar-refractivity contribution is 9.10. The second-order valence-corrected chi connectivity index (χ2v) is 11.1. The molecule has 0 saturated carbocycles. The van der Waals surface area contributed by atoms with Crippen LogP contribution in [0.3, 0.4) is 0 Å². The third kappa shape index (κ3) is 6.08. The maximum Gasteiger partial charge on any atom is 0.308 e. The number of amides is 1. The number of fused-ring (bicyclic) bond motifs is 1. The normalized spacial score (nSPS) is 14.7. The number of carbonyl (C=O) groups excluding carboxylic acids is 2. The topological polar surface area (TPSA) is 99.0 Å². The highest BCUT2D eigenvalue weighted by Gasteiger charge is 2.32. The third-order valence-corrected chi connectivity index (χ3v) is 7.79. The summed E-state index contributed by atoms with van der Waals surface area (Å²) in [6, 6.07) is 20.9. The Kier molecular flexibility index (Phi) is 8.32. The van der Waals surface area contributed by atoms with Gasteiger partial charge in [0.1, 0.15) is 11.5 Å². The molecule has 2 heterocycles. The molecule has 3 aromatic carbocycles. The van der Waals surface area contributed by atoms with Crippen molar-refractivity contribution in [3.63, 3.8) is 0 Å². The zero-order valence-electron chi connectivity index (χ0n) is 22.5. The number of carbonyl (C=O) groups is 2. The summed E-state index contributed by atoms with van der Waals surface area (Å²) < 4.78 is 13.7. The molecule has 1 N–H and O–H groups in total. The van der Waals surface area contributed by atoms with Gasteiger partial charge in [-0.25, -0.2) is 4.99 Å². The number of para-hydroxylation sites is 1. The number of hydrogen-bond donors (Lipinski definition) is 1. The molecule has 8 nitrogen and oxygen atoms in total. The molecule has 0 aliphatic carbocycles. The lowest BCUT2D eigenvalue weighted by atomic mass is 9.95. The van der Waals surface area contributed by atoms with Gasteiger partial charge in [0.15, 0.2) is 4.80 Å². The highest BCUT2D eigenvalue weighted by Crippen LogP contribution is 2.32. The Morgan fingerprint density at radius 2 is 1.83 bits per heavy atom. The smallest absolute Gasteiger partial charge is 0.308 e. The number of nitrogens with zero attached hydrogens (tertiary/aromatic N) is 2. The quantitative estimate of drug-likeness (QED) is 0.230. The van der Waals surface area contributed by atoms with Gasteiger partial charge < -0.3 is 14.8 Å². The van der Waals surface area contributed by atoms with E-state index in [-0.39, 0.29) is 11.5 Å². The Hall–Kier alpha value is -4.28. The molecule has 0 unspecified atom stereocenters. The first-order valence-corrected chi connectivity index (χ1v) is 14.5. The Bertz CT molecular complexity index is 1840. The van der Waals surface area contributed by atoms with Gasteiger partial charge in [0.05, 0.1) is 28.5 Å². The van der Waals surface area contributed by atoms with Crippen LogP contribution in [-0.4, -0.2) is 23.1 Å². The lowest BCUT2D eigenvalue weighted by Crippen LogP contribution is -2.40. The van der Waals surface area contributed by atoms with Crippen molar-refractivity contribution >= 4 is 50.9 Å². The zero-order valence-corrected chi connectivity index (χ0v) is 24.9. The van der Waals surface area contributed by atoms with Crippen molar-refractivity contribution in [3.8, 4) is 11.5 Å². The zero-order chi connectivity index (χ0) is 29.1. The first kappa shape index (κ1) is 28.3. The van der Waals surface area contributed by atoms with Crippen molar-refractivity contribution in [1.82, 2.24) is 4.57 Å². The van der Waals surface area contributed by atoms with Crippen molar-refractivity contribution in [2.75, 3.05) is 11.9 Å². The molecule has 0 saturated heterocycles. The van der Waals surface area contributed by atoms with Crippen LogP contribution in [0.5, 0.6) is 11.5 Å². The molecule has 1 aliphatic rings. The molecule has 1 amide bonds. The highest BCUT2D eigenvalue weighted by atomic mass is 79.9. The maximum atomic E-state index is 14.0. The van der Waals surface area contributed by atoms with Gasteiger partial charge in [-0.05, 0) is 68.0 Å². The average Bonchev–Trinajstić information content (AvgIpc) is 3.24. The minimum Gasteiger partial charge on any atom is -0.494 e. The van der Waals surface area contributed by atoms with Crippen LogP contribution in [0.1, 0.15) is 37.9 Å². The Morgan fingerprint density at radius 1 is 1.10 bits per heavy atom. The van der Waals surface area contributed by atoms with E-state index < -0.39 is 12.0 Å². The van der Waals surface area contributed by atoms with Gasteiger partial charge in [-0.15, -0.1) is 0 Å². The SMILES string of the molecule is CCOc1ccc([C@@H]2C(C(=O)Nc3ccccc3)=C(C)N=c3s/c(=C\c4cc(Br)ccc4OC(C)=O)c(=O)n32)cc1. The van der Waals surface area contributed by atoms with E-state index in [9.17, 15) is 14.4 Å².